The Bertz CT molecular complexity index is 1180. The fourth-order valence-electron chi connectivity index (χ4n) is 4.48. The third-order valence-corrected chi connectivity index (χ3v) is 6.24. The quantitative estimate of drug-likeness (QED) is 0.660. The lowest BCUT2D eigenvalue weighted by Crippen LogP contribution is -2.32. The Morgan fingerprint density at radius 2 is 1.94 bits per heavy atom. The van der Waals surface area contributed by atoms with Gasteiger partial charge in [0.15, 0.2) is 0 Å². The molecule has 166 valence electrons. The molecule has 1 aromatic carbocycles. The van der Waals surface area contributed by atoms with Crippen molar-refractivity contribution < 1.29 is 9.47 Å². The van der Waals surface area contributed by atoms with E-state index in [1.165, 1.54) is 11.8 Å². The molecule has 8 nitrogen and oxygen atoms in total. The minimum Gasteiger partial charge on any atom is -0.488 e. The number of hydrogen-bond acceptors (Lipinski definition) is 7. The number of rotatable bonds is 5. The highest BCUT2D eigenvalue weighted by Gasteiger charge is 2.24. The van der Waals surface area contributed by atoms with Gasteiger partial charge >= 0.3 is 0 Å². The number of fused-ring (bicyclic) bond motifs is 1. The van der Waals surface area contributed by atoms with Crippen LogP contribution in [0.25, 0.3) is 16.6 Å². The summed E-state index contributed by atoms with van der Waals surface area (Å²) in [7, 11) is 1.77. The van der Waals surface area contributed by atoms with Gasteiger partial charge in [-0.05, 0) is 61.4 Å². The van der Waals surface area contributed by atoms with Gasteiger partial charge in [-0.25, -0.2) is 15.0 Å². The highest BCUT2D eigenvalue weighted by molar-refractivity contribution is 5.86. The van der Waals surface area contributed by atoms with Crippen molar-refractivity contribution in [3.63, 3.8) is 0 Å². The van der Waals surface area contributed by atoms with E-state index in [9.17, 15) is 4.79 Å². The highest BCUT2D eigenvalue weighted by Crippen LogP contribution is 2.33. The molecule has 0 unspecified atom stereocenters. The second-order valence-electron chi connectivity index (χ2n) is 8.36. The number of nitrogens with one attached hydrogen (secondary N) is 1. The van der Waals surface area contributed by atoms with E-state index in [2.05, 4.69) is 32.4 Å². The Hall–Kier alpha value is -3.26. The van der Waals surface area contributed by atoms with E-state index in [1.54, 1.807) is 24.0 Å². The van der Waals surface area contributed by atoms with Crippen molar-refractivity contribution in [3.8, 4) is 5.75 Å². The van der Waals surface area contributed by atoms with E-state index >= 15 is 0 Å². The van der Waals surface area contributed by atoms with Crippen LogP contribution in [-0.4, -0.2) is 44.9 Å². The van der Waals surface area contributed by atoms with Crippen LogP contribution in [0.2, 0.25) is 0 Å². The first-order chi connectivity index (χ1) is 15.7. The van der Waals surface area contributed by atoms with Crippen molar-refractivity contribution in [1.29, 1.82) is 0 Å². The highest BCUT2D eigenvalue weighted by atomic mass is 16.5. The van der Waals surface area contributed by atoms with Crippen molar-refractivity contribution in [1.82, 2.24) is 19.5 Å². The van der Waals surface area contributed by atoms with E-state index < -0.39 is 0 Å². The van der Waals surface area contributed by atoms with Crippen molar-refractivity contribution >= 4 is 22.6 Å². The number of hydrogen-bond donors (Lipinski definition) is 1. The molecule has 5 rings (SSSR count). The number of nitrogens with zero attached hydrogens (tertiary/aromatic N) is 4. The lowest BCUT2D eigenvalue weighted by atomic mass is 9.93. The van der Waals surface area contributed by atoms with Gasteiger partial charge in [-0.1, -0.05) is 6.08 Å². The predicted octanol–water partition coefficient (Wildman–Crippen LogP) is 3.33. The van der Waals surface area contributed by atoms with E-state index in [-0.39, 0.29) is 11.7 Å². The van der Waals surface area contributed by atoms with E-state index in [0.717, 1.165) is 54.5 Å². The van der Waals surface area contributed by atoms with E-state index in [1.807, 2.05) is 12.1 Å². The molecular weight excluding hydrogens is 406 g/mol. The molecule has 1 aliphatic carbocycles. The van der Waals surface area contributed by atoms with Gasteiger partial charge in [0.2, 0.25) is 5.95 Å². The van der Waals surface area contributed by atoms with Gasteiger partial charge in [-0.3, -0.25) is 4.79 Å². The van der Waals surface area contributed by atoms with Crippen molar-refractivity contribution in [2.75, 3.05) is 18.5 Å². The van der Waals surface area contributed by atoms with Crippen molar-refractivity contribution in [3.05, 3.63) is 58.8 Å². The normalized spacial score (nSPS) is 21.2. The monoisotopic (exact) mass is 433 g/mol. The van der Waals surface area contributed by atoms with Gasteiger partial charge in [0.05, 0.1) is 31.0 Å². The molecular formula is C24H27N5O3. The summed E-state index contributed by atoms with van der Waals surface area (Å²) in [5.74, 6) is 1.39. The first kappa shape index (κ1) is 20.6. The van der Waals surface area contributed by atoms with Crippen molar-refractivity contribution in [2.24, 2.45) is 7.05 Å². The van der Waals surface area contributed by atoms with Crippen LogP contribution < -0.4 is 15.6 Å². The zero-order valence-electron chi connectivity index (χ0n) is 18.2. The predicted molar refractivity (Wildman–Crippen MR) is 123 cm³/mol. The maximum atomic E-state index is 12.3. The van der Waals surface area contributed by atoms with Gasteiger partial charge in [0.1, 0.15) is 11.3 Å². The van der Waals surface area contributed by atoms with Crippen LogP contribution in [0.15, 0.2) is 47.7 Å². The Kier molecular flexibility index (Phi) is 5.85. The Balaban J connectivity index is 1.38. The molecule has 0 saturated heterocycles. The molecule has 1 saturated carbocycles. The van der Waals surface area contributed by atoms with E-state index in [4.69, 9.17) is 9.47 Å². The zero-order chi connectivity index (χ0) is 21.9. The lowest BCUT2D eigenvalue weighted by molar-refractivity contribution is 0.151. The minimum absolute atomic E-state index is 0.0853. The largest absolute Gasteiger partial charge is 0.488 e. The molecule has 1 aliphatic heterocycles. The minimum atomic E-state index is -0.142. The number of anilines is 1. The van der Waals surface area contributed by atoms with Crippen LogP contribution >= 0.6 is 0 Å². The smallest absolute Gasteiger partial charge is 0.269 e. The maximum Gasteiger partial charge on any atom is 0.269 e. The molecule has 0 radical (unpaired) electrons. The molecule has 0 atom stereocenters. The number of aryl methyl sites for hydroxylation is 1. The van der Waals surface area contributed by atoms with Gasteiger partial charge in [-0.2, -0.15) is 0 Å². The summed E-state index contributed by atoms with van der Waals surface area (Å²) >= 11 is 0. The van der Waals surface area contributed by atoms with Gasteiger partial charge in [-0.15, -0.1) is 0 Å². The molecule has 2 aromatic heterocycles. The van der Waals surface area contributed by atoms with Gasteiger partial charge in [0, 0.05) is 25.5 Å². The van der Waals surface area contributed by atoms with Gasteiger partial charge < -0.3 is 19.4 Å². The number of aromatic nitrogens is 4. The lowest BCUT2D eigenvalue weighted by Gasteiger charge is -2.30. The summed E-state index contributed by atoms with van der Waals surface area (Å²) in [6.45, 7) is 1.33. The Labute approximate surface area is 186 Å². The first-order valence-corrected chi connectivity index (χ1v) is 11.1. The second-order valence-corrected chi connectivity index (χ2v) is 8.36. The zero-order valence-corrected chi connectivity index (χ0v) is 18.2. The molecule has 0 spiro atoms. The first-order valence-electron chi connectivity index (χ1n) is 11.1. The average molecular weight is 434 g/mol. The second kappa shape index (κ2) is 9.08. The summed E-state index contributed by atoms with van der Waals surface area (Å²) in [6.07, 6.45) is 11.7. The fourth-order valence-corrected chi connectivity index (χ4v) is 4.48. The molecule has 3 aromatic rings. The topological polar surface area (TPSA) is 91.2 Å². The standard InChI is InChI=1S/C24H27N5O3/c1-29-22(30)15-27-20-13-17(16-7-11-31-12-8-16)14-21(23(20)29)32-19-5-3-18(4-6-19)28-24-25-9-2-10-26-24/h2,7,9-10,13-15,18-19H,3-6,8,11-12H2,1H3,(H,25,26,28). The molecule has 32 heavy (non-hydrogen) atoms. The van der Waals surface area contributed by atoms with E-state index in [0.29, 0.717) is 25.2 Å². The van der Waals surface area contributed by atoms with Crippen LogP contribution in [0.4, 0.5) is 5.95 Å². The van der Waals surface area contributed by atoms with Crippen LogP contribution in [0, 0.1) is 0 Å². The van der Waals surface area contributed by atoms with Crippen LogP contribution in [0.1, 0.15) is 37.7 Å². The summed E-state index contributed by atoms with van der Waals surface area (Å²) in [6, 6.07) is 6.24. The molecule has 2 aliphatic rings. The fraction of sp³-hybridized carbons (Fsp3) is 0.417. The van der Waals surface area contributed by atoms with Crippen LogP contribution in [-0.2, 0) is 11.8 Å². The molecule has 0 bridgehead atoms. The Morgan fingerprint density at radius 1 is 1.12 bits per heavy atom. The van der Waals surface area contributed by atoms with Crippen molar-refractivity contribution in [2.45, 2.75) is 44.2 Å². The summed E-state index contributed by atoms with van der Waals surface area (Å²) in [4.78, 5) is 25.2. The van der Waals surface area contributed by atoms with Gasteiger partial charge in [0.25, 0.3) is 5.56 Å². The Morgan fingerprint density at radius 3 is 2.69 bits per heavy atom. The molecule has 8 heteroatoms. The summed E-state index contributed by atoms with van der Waals surface area (Å²) in [5.41, 5.74) is 3.68. The number of ether oxygens (including phenoxy) is 2. The SMILES string of the molecule is Cn1c(=O)cnc2cc(C3=CCOCC3)cc(OC3CCC(Nc4ncccn4)CC3)c21. The molecule has 0 amide bonds. The summed E-state index contributed by atoms with van der Waals surface area (Å²) in [5, 5.41) is 3.41. The number of benzene rings is 1. The maximum absolute atomic E-state index is 12.3. The van der Waals surface area contributed by atoms with Crippen LogP contribution in [0.5, 0.6) is 5.75 Å². The molecule has 1 N–H and O–H groups in total. The summed E-state index contributed by atoms with van der Waals surface area (Å²) < 4.78 is 13.6. The third-order valence-electron chi connectivity index (χ3n) is 6.24. The average Bonchev–Trinajstić information content (AvgIpc) is 2.84. The third kappa shape index (κ3) is 4.36. The van der Waals surface area contributed by atoms with Crippen LogP contribution in [0.3, 0.4) is 0 Å². The molecule has 1 fully saturated rings. The molecule has 3 heterocycles.